The van der Waals surface area contributed by atoms with E-state index in [0.29, 0.717) is 17.7 Å². The van der Waals surface area contributed by atoms with Crippen LogP contribution in [0.5, 0.6) is 5.75 Å². The first-order valence-corrected chi connectivity index (χ1v) is 5.52. The van der Waals surface area contributed by atoms with Gasteiger partial charge in [-0.2, -0.15) is 0 Å². The molecule has 0 saturated heterocycles. The summed E-state index contributed by atoms with van der Waals surface area (Å²) in [4.78, 5) is 21.4. The molecule has 0 spiro atoms. The summed E-state index contributed by atoms with van der Waals surface area (Å²) in [6.07, 6.45) is 1.93. The SMILES string of the molecule is CC.CCCC(=O)Oc1ccc(C=O)cc1. The largest absolute Gasteiger partial charge is 0.427 e. The molecule has 1 aromatic rings. The molecule has 0 N–H and O–H groups in total. The van der Waals surface area contributed by atoms with Gasteiger partial charge in [-0.15, -0.1) is 0 Å². The summed E-state index contributed by atoms with van der Waals surface area (Å²) in [5.41, 5.74) is 0.570. The lowest BCUT2D eigenvalue weighted by molar-refractivity contribution is -0.134. The van der Waals surface area contributed by atoms with Gasteiger partial charge in [0.05, 0.1) is 0 Å². The Hall–Kier alpha value is -1.64. The van der Waals surface area contributed by atoms with Gasteiger partial charge in [0, 0.05) is 12.0 Å². The van der Waals surface area contributed by atoms with Crippen LogP contribution in [0.4, 0.5) is 0 Å². The van der Waals surface area contributed by atoms with Crippen molar-refractivity contribution in [3.63, 3.8) is 0 Å². The maximum Gasteiger partial charge on any atom is 0.311 e. The highest BCUT2D eigenvalue weighted by molar-refractivity contribution is 5.76. The average Bonchev–Trinajstić information content (AvgIpc) is 2.33. The van der Waals surface area contributed by atoms with Gasteiger partial charge in [-0.25, -0.2) is 0 Å². The van der Waals surface area contributed by atoms with E-state index >= 15 is 0 Å². The highest BCUT2D eigenvalue weighted by atomic mass is 16.5. The maximum atomic E-state index is 11.1. The number of benzene rings is 1. The van der Waals surface area contributed by atoms with Gasteiger partial charge in [0.25, 0.3) is 0 Å². The van der Waals surface area contributed by atoms with Crippen molar-refractivity contribution >= 4 is 12.3 Å². The second-order valence-corrected chi connectivity index (χ2v) is 2.91. The van der Waals surface area contributed by atoms with Crippen LogP contribution in [0.25, 0.3) is 0 Å². The summed E-state index contributed by atoms with van der Waals surface area (Å²) in [6.45, 7) is 5.91. The van der Waals surface area contributed by atoms with E-state index in [9.17, 15) is 9.59 Å². The van der Waals surface area contributed by atoms with Crippen molar-refractivity contribution in [3.8, 4) is 5.75 Å². The number of aldehydes is 1. The Labute approximate surface area is 96.4 Å². The van der Waals surface area contributed by atoms with Gasteiger partial charge in [0.2, 0.25) is 0 Å². The maximum absolute atomic E-state index is 11.1. The lowest BCUT2D eigenvalue weighted by Crippen LogP contribution is -2.06. The van der Waals surface area contributed by atoms with Crippen LogP contribution in [-0.2, 0) is 4.79 Å². The lowest BCUT2D eigenvalue weighted by Gasteiger charge is -2.02. The van der Waals surface area contributed by atoms with E-state index in [1.54, 1.807) is 24.3 Å². The summed E-state index contributed by atoms with van der Waals surface area (Å²) in [5, 5.41) is 0. The van der Waals surface area contributed by atoms with Gasteiger partial charge in [0.15, 0.2) is 0 Å². The second kappa shape index (κ2) is 8.65. The minimum absolute atomic E-state index is 0.244. The molecule has 0 aliphatic rings. The zero-order valence-electron chi connectivity index (χ0n) is 10.0. The fraction of sp³-hybridized carbons (Fsp3) is 0.385. The zero-order chi connectivity index (χ0) is 12.4. The Bertz CT molecular complexity index is 314. The van der Waals surface area contributed by atoms with Gasteiger partial charge in [-0.1, -0.05) is 20.8 Å². The lowest BCUT2D eigenvalue weighted by atomic mass is 10.2. The quantitative estimate of drug-likeness (QED) is 0.446. The van der Waals surface area contributed by atoms with Crippen LogP contribution in [0.2, 0.25) is 0 Å². The number of carbonyl (C=O) groups is 2. The first-order valence-electron chi connectivity index (χ1n) is 5.52. The number of ether oxygens (including phenoxy) is 1. The first kappa shape index (κ1) is 14.4. The molecule has 1 rings (SSSR count). The Balaban J connectivity index is 0.00000106. The van der Waals surface area contributed by atoms with Crippen LogP contribution in [0, 0.1) is 0 Å². The van der Waals surface area contributed by atoms with Crippen LogP contribution >= 0.6 is 0 Å². The molecule has 0 saturated carbocycles. The van der Waals surface area contributed by atoms with E-state index in [4.69, 9.17) is 4.74 Å². The molecule has 3 heteroatoms. The molecule has 16 heavy (non-hydrogen) atoms. The zero-order valence-corrected chi connectivity index (χ0v) is 10.0. The van der Waals surface area contributed by atoms with Crippen molar-refractivity contribution in [2.24, 2.45) is 0 Å². The molecule has 0 atom stereocenters. The third kappa shape index (κ3) is 5.29. The summed E-state index contributed by atoms with van der Waals surface area (Å²) in [6, 6.07) is 6.44. The molecule has 0 radical (unpaired) electrons. The molecule has 0 unspecified atom stereocenters. The molecule has 0 heterocycles. The molecule has 0 amide bonds. The molecule has 0 bridgehead atoms. The second-order valence-electron chi connectivity index (χ2n) is 2.91. The van der Waals surface area contributed by atoms with Gasteiger partial charge >= 0.3 is 5.97 Å². The van der Waals surface area contributed by atoms with Crippen molar-refractivity contribution < 1.29 is 14.3 Å². The smallest absolute Gasteiger partial charge is 0.311 e. The van der Waals surface area contributed by atoms with Crippen LogP contribution < -0.4 is 4.74 Å². The number of hydrogen-bond donors (Lipinski definition) is 0. The Morgan fingerprint density at radius 2 is 1.81 bits per heavy atom. The standard InChI is InChI=1S/C11H12O3.C2H6/c1-2-3-11(13)14-10-6-4-9(8-12)5-7-10;1-2/h4-8H,2-3H2,1H3;1-2H3. The fourth-order valence-electron chi connectivity index (χ4n) is 1.00. The molecule has 0 aliphatic carbocycles. The fourth-order valence-corrected chi connectivity index (χ4v) is 1.00. The predicted octanol–water partition coefficient (Wildman–Crippen LogP) is 3.23. The molecular weight excluding hydrogens is 204 g/mol. The monoisotopic (exact) mass is 222 g/mol. The van der Waals surface area contributed by atoms with Crippen LogP contribution in [-0.4, -0.2) is 12.3 Å². The third-order valence-corrected chi connectivity index (χ3v) is 1.70. The van der Waals surface area contributed by atoms with Crippen LogP contribution in [0.15, 0.2) is 24.3 Å². The number of hydrogen-bond acceptors (Lipinski definition) is 3. The normalized spacial score (nSPS) is 8.69. The summed E-state index contributed by atoms with van der Waals surface area (Å²) in [5.74, 6) is 0.236. The Morgan fingerprint density at radius 1 is 1.25 bits per heavy atom. The minimum Gasteiger partial charge on any atom is -0.427 e. The summed E-state index contributed by atoms with van der Waals surface area (Å²) in [7, 11) is 0. The molecule has 0 aliphatic heterocycles. The molecule has 1 aromatic carbocycles. The van der Waals surface area contributed by atoms with Crippen LogP contribution in [0.1, 0.15) is 44.0 Å². The van der Waals surface area contributed by atoms with Crippen molar-refractivity contribution in [1.82, 2.24) is 0 Å². The topological polar surface area (TPSA) is 43.4 Å². The minimum atomic E-state index is -0.244. The van der Waals surface area contributed by atoms with E-state index in [1.807, 2.05) is 20.8 Å². The molecule has 0 fully saturated rings. The van der Waals surface area contributed by atoms with Crippen LogP contribution in [0.3, 0.4) is 0 Å². The van der Waals surface area contributed by atoms with Gasteiger partial charge in [-0.05, 0) is 30.7 Å². The van der Waals surface area contributed by atoms with E-state index in [-0.39, 0.29) is 5.97 Å². The molecule has 88 valence electrons. The number of rotatable bonds is 4. The van der Waals surface area contributed by atoms with Gasteiger partial charge in [0.1, 0.15) is 12.0 Å². The van der Waals surface area contributed by atoms with Crippen molar-refractivity contribution in [3.05, 3.63) is 29.8 Å². The van der Waals surface area contributed by atoms with E-state index in [0.717, 1.165) is 12.7 Å². The van der Waals surface area contributed by atoms with Gasteiger partial charge in [-0.3, -0.25) is 9.59 Å². The van der Waals surface area contributed by atoms with Crippen molar-refractivity contribution in [1.29, 1.82) is 0 Å². The number of carbonyl (C=O) groups excluding carboxylic acids is 2. The van der Waals surface area contributed by atoms with E-state index in [2.05, 4.69) is 0 Å². The van der Waals surface area contributed by atoms with E-state index < -0.39 is 0 Å². The summed E-state index contributed by atoms with van der Waals surface area (Å²) >= 11 is 0. The number of esters is 1. The average molecular weight is 222 g/mol. The Morgan fingerprint density at radius 3 is 2.25 bits per heavy atom. The predicted molar refractivity (Wildman–Crippen MR) is 63.7 cm³/mol. The molecular formula is C13H18O3. The molecule has 3 nitrogen and oxygen atoms in total. The molecule has 0 aromatic heterocycles. The highest BCUT2D eigenvalue weighted by Crippen LogP contribution is 2.11. The van der Waals surface area contributed by atoms with Crippen molar-refractivity contribution in [2.45, 2.75) is 33.6 Å². The van der Waals surface area contributed by atoms with E-state index in [1.165, 1.54) is 0 Å². The first-order chi connectivity index (χ1) is 7.76. The summed E-state index contributed by atoms with van der Waals surface area (Å²) < 4.78 is 5.00. The highest BCUT2D eigenvalue weighted by Gasteiger charge is 2.02. The van der Waals surface area contributed by atoms with Gasteiger partial charge < -0.3 is 4.74 Å². The Kier molecular flexibility index (Phi) is 7.76. The van der Waals surface area contributed by atoms with Crippen molar-refractivity contribution in [2.75, 3.05) is 0 Å². The third-order valence-electron chi connectivity index (χ3n) is 1.70.